The highest BCUT2D eigenvalue weighted by atomic mass is 16.1. The number of pyridine rings is 1. The molecule has 0 unspecified atom stereocenters. The highest BCUT2D eigenvalue weighted by molar-refractivity contribution is 6.03. The quantitative estimate of drug-likeness (QED) is 0.662. The highest BCUT2D eigenvalue weighted by Gasteiger charge is 2.17. The normalized spacial score (nSPS) is 13.8. The van der Waals surface area contributed by atoms with Crippen LogP contribution in [-0.2, 0) is 11.2 Å². The summed E-state index contributed by atoms with van der Waals surface area (Å²) < 4.78 is 0. The predicted molar refractivity (Wildman–Crippen MR) is 78.8 cm³/mol. The van der Waals surface area contributed by atoms with Gasteiger partial charge in [-0.3, -0.25) is 10.2 Å². The second-order valence-electron chi connectivity index (χ2n) is 4.62. The molecule has 2 aromatic rings. The average Bonchev–Trinajstić information content (AvgIpc) is 2.85. The molecule has 0 saturated carbocycles. The average molecular weight is 266 g/mol. The van der Waals surface area contributed by atoms with Gasteiger partial charge in [-0.1, -0.05) is 12.1 Å². The van der Waals surface area contributed by atoms with Crippen molar-refractivity contribution in [1.29, 1.82) is 0 Å². The minimum Gasteiger partial charge on any atom is -0.326 e. The fourth-order valence-electron chi connectivity index (χ4n) is 2.09. The van der Waals surface area contributed by atoms with Crippen molar-refractivity contribution in [1.82, 2.24) is 4.98 Å². The molecule has 1 amide bonds. The number of carbonyl (C=O) groups excluding carboxylic acids is 1. The molecule has 0 fully saturated rings. The smallest absolute Gasteiger partial charge is 0.228 e. The fraction of sp³-hybridized carbons (Fsp3) is 0.133. The van der Waals surface area contributed by atoms with Gasteiger partial charge < -0.3 is 5.32 Å². The number of benzene rings is 1. The van der Waals surface area contributed by atoms with E-state index < -0.39 is 0 Å². The standard InChI is InChI=1S/C15H14N4O/c1-10(18-19-14-4-2-3-7-16-14)11-5-6-13-12(8-11)9-15(20)17-13/h2-8H,9H2,1H3,(H,16,19)(H,17,20)/b18-10+. The lowest BCUT2D eigenvalue weighted by Gasteiger charge is -2.05. The Bertz CT molecular complexity index is 680. The number of fused-ring (bicyclic) bond motifs is 1. The van der Waals surface area contributed by atoms with Crippen molar-refractivity contribution in [3.8, 4) is 0 Å². The van der Waals surface area contributed by atoms with E-state index in [1.54, 1.807) is 6.20 Å². The van der Waals surface area contributed by atoms with E-state index in [1.807, 2.05) is 43.3 Å². The van der Waals surface area contributed by atoms with Crippen LogP contribution in [0.5, 0.6) is 0 Å². The first kappa shape index (κ1) is 12.3. The van der Waals surface area contributed by atoms with Crippen LogP contribution in [0.2, 0.25) is 0 Å². The van der Waals surface area contributed by atoms with E-state index in [-0.39, 0.29) is 5.91 Å². The van der Waals surface area contributed by atoms with Gasteiger partial charge in [-0.15, -0.1) is 0 Å². The molecule has 0 bridgehead atoms. The lowest BCUT2D eigenvalue weighted by atomic mass is 10.1. The molecule has 1 aromatic carbocycles. The highest BCUT2D eigenvalue weighted by Crippen LogP contribution is 2.24. The Morgan fingerprint density at radius 1 is 1.35 bits per heavy atom. The van der Waals surface area contributed by atoms with Crippen LogP contribution < -0.4 is 10.7 Å². The molecular formula is C15H14N4O. The zero-order valence-electron chi connectivity index (χ0n) is 11.1. The van der Waals surface area contributed by atoms with E-state index in [9.17, 15) is 4.79 Å². The second kappa shape index (κ2) is 5.13. The Hall–Kier alpha value is -2.69. The van der Waals surface area contributed by atoms with Crippen LogP contribution in [-0.4, -0.2) is 16.6 Å². The largest absolute Gasteiger partial charge is 0.326 e. The first-order chi connectivity index (χ1) is 9.72. The van der Waals surface area contributed by atoms with Crippen LogP contribution in [0.15, 0.2) is 47.7 Å². The third kappa shape index (κ3) is 2.51. The van der Waals surface area contributed by atoms with Gasteiger partial charge in [-0.05, 0) is 42.3 Å². The summed E-state index contributed by atoms with van der Waals surface area (Å²) in [6, 6.07) is 11.5. The lowest BCUT2D eigenvalue weighted by Crippen LogP contribution is -2.03. The number of hydrazone groups is 1. The van der Waals surface area contributed by atoms with E-state index in [0.29, 0.717) is 12.2 Å². The molecule has 0 atom stereocenters. The summed E-state index contributed by atoms with van der Waals surface area (Å²) in [5.41, 5.74) is 6.65. The molecule has 0 saturated heterocycles. The van der Waals surface area contributed by atoms with Crippen LogP contribution in [0, 0.1) is 0 Å². The van der Waals surface area contributed by atoms with Gasteiger partial charge in [0.1, 0.15) is 5.82 Å². The van der Waals surface area contributed by atoms with E-state index in [2.05, 4.69) is 20.8 Å². The van der Waals surface area contributed by atoms with E-state index >= 15 is 0 Å². The van der Waals surface area contributed by atoms with Crippen molar-refractivity contribution in [2.45, 2.75) is 13.3 Å². The SMILES string of the molecule is C/C(=N\Nc1ccccn1)c1ccc2c(c1)CC(=O)N2. The van der Waals surface area contributed by atoms with E-state index in [0.717, 1.165) is 22.5 Å². The van der Waals surface area contributed by atoms with E-state index in [1.165, 1.54) is 0 Å². The van der Waals surface area contributed by atoms with Crippen LogP contribution in [0.25, 0.3) is 0 Å². The summed E-state index contributed by atoms with van der Waals surface area (Å²) >= 11 is 0. The number of amides is 1. The summed E-state index contributed by atoms with van der Waals surface area (Å²) in [4.78, 5) is 15.5. The Morgan fingerprint density at radius 2 is 2.25 bits per heavy atom. The number of nitrogens with zero attached hydrogens (tertiary/aromatic N) is 2. The van der Waals surface area contributed by atoms with Crippen LogP contribution in [0.1, 0.15) is 18.1 Å². The maximum Gasteiger partial charge on any atom is 0.228 e. The maximum absolute atomic E-state index is 11.3. The lowest BCUT2D eigenvalue weighted by molar-refractivity contribution is -0.115. The van der Waals surface area contributed by atoms with Gasteiger partial charge >= 0.3 is 0 Å². The molecular weight excluding hydrogens is 252 g/mol. The summed E-state index contributed by atoms with van der Waals surface area (Å²) in [7, 11) is 0. The molecule has 20 heavy (non-hydrogen) atoms. The number of hydrogen-bond donors (Lipinski definition) is 2. The second-order valence-corrected chi connectivity index (χ2v) is 4.62. The minimum absolute atomic E-state index is 0.0401. The summed E-state index contributed by atoms with van der Waals surface area (Å²) in [6.07, 6.45) is 2.14. The Kier molecular flexibility index (Phi) is 3.16. The molecule has 3 rings (SSSR count). The van der Waals surface area contributed by atoms with Gasteiger partial charge in [0.25, 0.3) is 0 Å². The van der Waals surface area contributed by atoms with Gasteiger partial charge in [-0.2, -0.15) is 5.10 Å². The monoisotopic (exact) mass is 266 g/mol. The predicted octanol–water partition coefficient (Wildman–Crippen LogP) is 2.41. The van der Waals surface area contributed by atoms with Crippen molar-refractivity contribution in [3.05, 3.63) is 53.7 Å². The topological polar surface area (TPSA) is 66.4 Å². The van der Waals surface area contributed by atoms with Crippen LogP contribution in [0.3, 0.4) is 0 Å². The molecule has 0 aliphatic carbocycles. The van der Waals surface area contributed by atoms with Gasteiger partial charge in [0, 0.05) is 11.9 Å². The number of aromatic nitrogens is 1. The van der Waals surface area contributed by atoms with Crippen molar-refractivity contribution in [2.75, 3.05) is 10.7 Å². The molecule has 5 heteroatoms. The molecule has 0 radical (unpaired) electrons. The van der Waals surface area contributed by atoms with Crippen molar-refractivity contribution in [2.24, 2.45) is 5.10 Å². The number of carbonyl (C=O) groups is 1. The third-order valence-electron chi connectivity index (χ3n) is 3.15. The molecule has 1 aliphatic rings. The summed E-state index contributed by atoms with van der Waals surface area (Å²) in [6.45, 7) is 1.92. The van der Waals surface area contributed by atoms with Crippen LogP contribution in [0.4, 0.5) is 11.5 Å². The first-order valence-corrected chi connectivity index (χ1v) is 6.37. The third-order valence-corrected chi connectivity index (χ3v) is 3.15. The minimum atomic E-state index is 0.0401. The fourth-order valence-corrected chi connectivity index (χ4v) is 2.09. The number of rotatable bonds is 3. The molecule has 1 aromatic heterocycles. The molecule has 2 heterocycles. The van der Waals surface area contributed by atoms with E-state index in [4.69, 9.17) is 0 Å². The number of nitrogens with one attached hydrogen (secondary N) is 2. The van der Waals surface area contributed by atoms with Crippen molar-refractivity contribution >= 4 is 23.1 Å². The summed E-state index contributed by atoms with van der Waals surface area (Å²) in [5.74, 6) is 0.739. The Labute approximate surface area is 116 Å². The first-order valence-electron chi connectivity index (χ1n) is 6.37. The molecule has 100 valence electrons. The number of hydrogen-bond acceptors (Lipinski definition) is 4. The molecule has 0 spiro atoms. The zero-order chi connectivity index (χ0) is 13.9. The Morgan fingerprint density at radius 3 is 3.05 bits per heavy atom. The Balaban J connectivity index is 1.79. The summed E-state index contributed by atoms with van der Waals surface area (Å²) in [5, 5.41) is 7.12. The van der Waals surface area contributed by atoms with Gasteiger partial charge in [0.05, 0.1) is 12.1 Å². The zero-order valence-corrected chi connectivity index (χ0v) is 11.1. The van der Waals surface area contributed by atoms with Gasteiger partial charge in [0.2, 0.25) is 5.91 Å². The van der Waals surface area contributed by atoms with Crippen molar-refractivity contribution in [3.63, 3.8) is 0 Å². The number of anilines is 2. The molecule has 5 nitrogen and oxygen atoms in total. The van der Waals surface area contributed by atoms with Gasteiger partial charge in [0.15, 0.2) is 0 Å². The maximum atomic E-state index is 11.3. The van der Waals surface area contributed by atoms with Crippen molar-refractivity contribution < 1.29 is 4.79 Å². The van der Waals surface area contributed by atoms with Crippen LogP contribution >= 0.6 is 0 Å². The molecule has 2 N–H and O–H groups in total. The molecule has 1 aliphatic heterocycles. The van der Waals surface area contributed by atoms with Gasteiger partial charge in [-0.25, -0.2) is 4.98 Å².